The maximum absolute atomic E-state index is 7.00. The third-order valence-electron chi connectivity index (χ3n) is 11.7. The summed E-state index contributed by atoms with van der Waals surface area (Å²) in [6.07, 6.45) is 1.96. The van der Waals surface area contributed by atoms with E-state index in [0.29, 0.717) is 23.2 Å². The fourth-order valence-corrected chi connectivity index (χ4v) is 8.90. The van der Waals surface area contributed by atoms with E-state index in [1.54, 1.807) is 0 Å². The minimum Gasteiger partial charge on any atom is -0.455 e. The molecular formula is C56H35N5O. The number of furan rings is 1. The first-order chi connectivity index (χ1) is 30.8. The Bertz CT molecular complexity index is 3560. The van der Waals surface area contributed by atoms with Gasteiger partial charge in [0.1, 0.15) is 11.2 Å². The summed E-state index contributed by atoms with van der Waals surface area (Å²) in [6, 6.07) is 71.1. The molecule has 12 rings (SSSR count). The molecule has 0 fully saturated rings. The number of fused-ring (bicyclic) bond motifs is 7. The predicted octanol–water partition coefficient (Wildman–Crippen LogP) is 14.3. The van der Waals surface area contributed by atoms with Gasteiger partial charge in [-0.05, 0) is 59.2 Å². The van der Waals surface area contributed by atoms with Gasteiger partial charge in [-0.3, -0.25) is 4.98 Å². The molecule has 0 aliphatic carbocycles. The number of aromatic nitrogens is 5. The average Bonchev–Trinajstić information content (AvgIpc) is 3.91. The van der Waals surface area contributed by atoms with Gasteiger partial charge in [0.15, 0.2) is 17.5 Å². The van der Waals surface area contributed by atoms with Crippen LogP contribution in [0.25, 0.3) is 117 Å². The smallest absolute Gasteiger partial charge is 0.166 e. The van der Waals surface area contributed by atoms with Crippen molar-refractivity contribution < 1.29 is 4.42 Å². The maximum Gasteiger partial charge on any atom is 0.166 e. The topological polar surface area (TPSA) is 69.6 Å². The second kappa shape index (κ2) is 14.7. The Hall–Kier alpha value is -8.48. The van der Waals surface area contributed by atoms with Crippen molar-refractivity contribution in [1.29, 1.82) is 0 Å². The van der Waals surface area contributed by atoms with Gasteiger partial charge in [0.25, 0.3) is 0 Å². The summed E-state index contributed by atoms with van der Waals surface area (Å²) in [5.74, 6) is 1.67. The molecule has 0 bridgehead atoms. The van der Waals surface area contributed by atoms with E-state index >= 15 is 0 Å². The average molecular weight is 794 g/mol. The van der Waals surface area contributed by atoms with Crippen molar-refractivity contribution in [2.24, 2.45) is 0 Å². The molecule has 0 saturated heterocycles. The molecule has 0 atom stereocenters. The monoisotopic (exact) mass is 793 g/mol. The molecule has 0 spiro atoms. The van der Waals surface area contributed by atoms with Crippen LogP contribution in [-0.2, 0) is 0 Å². The van der Waals surface area contributed by atoms with E-state index in [1.165, 1.54) is 5.39 Å². The Balaban J connectivity index is 1.15. The van der Waals surface area contributed by atoms with Crippen molar-refractivity contribution >= 4 is 43.7 Å². The second-order valence-corrected chi connectivity index (χ2v) is 15.4. The molecule has 0 saturated carbocycles. The lowest BCUT2D eigenvalue weighted by Crippen LogP contribution is -2.02. The highest BCUT2D eigenvalue weighted by Gasteiger charge is 2.24. The first-order valence-corrected chi connectivity index (χ1v) is 20.7. The summed E-state index contributed by atoms with van der Waals surface area (Å²) in [4.78, 5) is 20.9. The van der Waals surface area contributed by atoms with Gasteiger partial charge in [-0.2, -0.15) is 0 Å². The maximum atomic E-state index is 7.00. The van der Waals surface area contributed by atoms with Crippen LogP contribution < -0.4 is 0 Å². The van der Waals surface area contributed by atoms with E-state index in [-0.39, 0.29) is 0 Å². The molecule has 4 heterocycles. The van der Waals surface area contributed by atoms with E-state index in [0.717, 1.165) is 88.6 Å². The van der Waals surface area contributed by atoms with Crippen LogP contribution in [-0.4, -0.2) is 24.5 Å². The van der Waals surface area contributed by atoms with Crippen molar-refractivity contribution in [1.82, 2.24) is 24.5 Å². The molecular weight excluding hydrogens is 759 g/mol. The van der Waals surface area contributed by atoms with Crippen LogP contribution >= 0.6 is 0 Å². The zero-order valence-corrected chi connectivity index (χ0v) is 33.4. The minimum atomic E-state index is 0.513. The van der Waals surface area contributed by atoms with Crippen LogP contribution in [0.3, 0.4) is 0 Å². The van der Waals surface area contributed by atoms with Gasteiger partial charge in [0, 0.05) is 55.9 Å². The van der Waals surface area contributed by atoms with Gasteiger partial charge in [0.05, 0.1) is 22.1 Å². The molecule has 4 aromatic heterocycles. The Labute approximate surface area is 357 Å². The summed E-state index contributed by atoms with van der Waals surface area (Å²) in [5, 5.41) is 4.40. The number of benzene rings is 8. The number of rotatable bonds is 7. The van der Waals surface area contributed by atoms with Gasteiger partial charge in [0.2, 0.25) is 0 Å². The number of hydrogen-bond acceptors (Lipinski definition) is 5. The van der Waals surface area contributed by atoms with Crippen LogP contribution in [0.1, 0.15) is 0 Å². The van der Waals surface area contributed by atoms with Crippen molar-refractivity contribution in [2.45, 2.75) is 0 Å². The number of hydrogen-bond donors (Lipinski definition) is 0. The molecule has 62 heavy (non-hydrogen) atoms. The zero-order valence-electron chi connectivity index (χ0n) is 33.4. The highest BCUT2D eigenvalue weighted by atomic mass is 16.3. The molecule has 0 amide bonds. The molecule has 0 aliphatic rings. The third-order valence-corrected chi connectivity index (χ3v) is 11.7. The molecule has 0 radical (unpaired) electrons. The summed E-state index contributed by atoms with van der Waals surface area (Å²) >= 11 is 0. The molecule has 12 aromatic rings. The van der Waals surface area contributed by atoms with E-state index in [1.807, 2.05) is 72.9 Å². The SMILES string of the molecule is c1ccc(-c2nc(-c3ccccc3)nc(-c3cc(-c4ccccc4-c4ccccc4)cnc3-c3cccc4c3oc3ccc5c6ccccc6n(-c6ccccc6)c5c34)n2)cc1. The minimum absolute atomic E-state index is 0.513. The molecule has 8 aromatic carbocycles. The van der Waals surface area contributed by atoms with Gasteiger partial charge in [-0.15, -0.1) is 0 Å². The van der Waals surface area contributed by atoms with Gasteiger partial charge < -0.3 is 8.98 Å². The molecule has 0 aliphatic heterocycles. The Kier molecular flexibility index (Phi) is 8.38. The number of nitrogens with zero attached hydrogens (tertiary/aromatic N) is 5. The van der Waals surface area contributed by atoms with Gasteiger partial charge >= 0.3 is 0 Å². The lowest BCUT2D eigenvalue weighted by Gasteiger charge is -2.15. The van der Waals surface area contributed by atoms with Gasteiger partial charge in [-0.1, -0.05) is 164 Å². The van der Waals surface area contributed by atoms with Crippen LogP contribution in [0.15, 0.2) is 217 Å². The summed E-state index contributed by atoms with van der Waals surface area (Å²) in [7, 11) is 0. The summed E-state index contributed by atoms with van der Waals surface area (Å²) in [5.41, 5.74) is 13.2. The molecule has 6 heteroatoms. The van der Waals surface area contributed by atoms with E-state index in [9.17, 15) is 0 Å². The summed E-state index contributed by atoms with van der Waals surface area (Å²) < 4.78 is 9.35. The Morgan fingerprint density at radius 3 is 1.63 bits per heavy atom. The second-order valence-electron chi connectivity index (χ2n) is 15.4. The zero-order chi connectivity index (χ0) is 41.0. The third kappa shape index (κ3) is 5.88. The molecule has 0 N–H and O–H groups in total. The molecule has 290 valence electrons. The number of para-hydroxylation sites is 3. The van der Waals surface area contributed by atoms with E-state index in [2.05, 4.69) is 144 Å². The van der Waals surface area contributed by atoms with Crippen LogP contribution in [0.2, 0.25) is 0 Å². The highest BCUT2D eigenvalue weighted by Crippen LogP contribution is 2.45. The highest BCUT2D eigenvalue weighted by molar-refractivity contribution is 6.25. The van der Waals surface area contributed by atoms with Gasteiger partial charge in [-0.25, -0.2) is 15.0 Å². The summed E-state index contributed by atoms with van der Waals surface area (Å²) in [6.45, 7) is 0. The lowest BCUT2D eigenvalue weighted by molar-refractivity contribution is 0.670. The lowest BCUT2D eigenvalue weighted by atomic mass is 9.93. The first kappa shape index (κ1) is 35.5. The fourth-order valence-electron chi connectivity index (χ4n) is 8.90. The largest absolute Gasteiger partial charge is 0.455 e. The van der Waals surface area contributed by atoms with Crippen LogP contribution in [0, 0.1) is 0 Å². The van der Waals surface area contributed by atoms with Crippen molar-refractivity contribution in [3.8, 4) is 73.4 Å². The van der Waals surface area contributed by atoms with E-state index < -0.39 is 0 Å². The Morgan fingerprint density at radius 1 is 0.387 bits per heavy atom. The van der Waals surface area contributed by atoms with Crippen LogP contribution in [0.5, 0.6) is 0 Å². The molecule has 6 nitrogen and oxygen atoms in total. The van der Waals surface area contributed by atoms with E-state index in [4.69, 9.17) is 24.4 Å². The van der Waals surface area contributed by atoms with Crippen molar-refractivity contribution in [3.63, 3.8) is 0 Å². The number of pyridine rings is 1. The van der Waals surface area contributed by atoms with Crippen LogP contribution in [0.4, 0.5) is 0 Å². The standard InChI is InChI=1S/C56H35N5O/c1-5-18-36(19-6-1)41-26-13-14-27-42(41)39-34-47(56-59-54(37-20-7-2-8-21-37)58-55(60-56)38-22-9-3-10-23-38)51(57-35-39)46-30-17-29-45-50-49(62-53(45)46)33-32-44-43-28-15-16-31-48(43)61(52(44)50)40-24-11-4-12-25-40/h1-35H. The van der Waals surface area contributed by atoms with Crippen molar-refractivity contribution in [3.05, 3.63) is 212 Å². The quantitative estimate of drug-likeness (QED) is 0.161. The Morgan fingerprint density at radius 2 is 0.935 bits per heavy atom. The fraction of sp³-hybridized carbons (Fsp3) is 0. The van der Waals surface area contributed by atoms with Crippen molar-refractivity contribution in [2.75, 3.05) is 0 Å². The normalized spacial score (nSPS) is 11.5. The molecule has 0 unspecified atom stereocenters. The first-order valence-electron chi connectivity index (χ1n) is 20.7. The predicted molar refractivity (Wildman–Crippen MR) is 252 cm³/mol.